The molecule has 37 heavy (non-hydrogen) atoms. The topological polar surface area (TPSA) is 32.3 Å². The van der Waals surface area contributed by atoms with Crippen molar-refractivity contribution < 1.29 is 4.79 Å². The third-order valence-electron chi connectivity index (χ3n) is 7.16. The average Bonchev–Trinajstić information content (AvgIpc) is 2.89. The largest absolute Gasteiger partial charge is 0.370 e. The lowest BCUT2D eigenvalue weighted by Gasteiger charge is -2.34. The van der Waals surface area contributed by atoms with Gasteiger partial charge in [0.2, 0.25) is 0 Å². The zero-order valence-corrected chi connectivity index (χ0v) is 24.0. The summed E-state index contributed by atoms with van der Waals surface area (Å²) in [5.41, 5.74) is 3.74. The van der Waals surface area contributed by atoms with E-state index in [1.54, 1.807) is 12.1 Å². The fourth-order valence-corrected chi connectivity index (χ4v) is 5.99. The van der Waals surface area contributed by atoms with Crippen LogP contribution in [0.3, 0.4) is 0 Å². The van der Waals surface area contributed by atoms with Gasteiger partial charge in [0.05, 0.1) is 31.3 Å². The van der Waals surface area contributed by atoms with Gasteiger partial charge in [-0.3, -0.25) is 4.79 Å². The maximum Gasteiger partial charge on any atom is 0.252 e. The van der Waals surface area contributed by atoms with Gasteiger partial charge in [0, 0.05) is 25.6 Å². The highest BCUT2D eigenvalue weighted by atomic mass is 35.5. The van der Waals surface area contributed by atoms with E-state index >= 15 is 0 Å². The lowest BCUT2D eigenvalue weighted by atomic mass is 9.90. The van der Waals surface area contributed by atoms with Crippen LogP contribution in [0.5, 0.6) is 0 Å². The van der Waals surface area contributed by atoms with Crippen LogP contribution < -0.4 is 10.2 Å². The Morgan fingerprint density at radius 1 is 0.919 bits per heavy atom. The summed E-state index contributed by atoms with van der Waals surface area (Å²) in [5, 5.41) is 5.05. The number of carbonyl (C=O) groups is 1. The Morgan fingerprint density at radius 3 is 2.32 bits per heavy atom. The third-order valence-corrected chi connectivity index (χ3v) is 8.52. The minimum absolute atomic E-state index is 0.123. The van der Waals surface area contributed by atoms with Gasteiger partial charge in [0.1, 0.15) is 0 Å². The summed E-state index contributed by atoms with van der Waals surface area (Å²) in [6.45, 7) is 4.40. The quantitative estimate of drug-likeness (QED) is 0.275. The highest BCUT2D eigenvalue weighted by molar-refractivity contribution is 6.42. The van der Waals surface area contributed by atoms with Crippen molar-refractivity contribution in [3.05, 3.63) is 97.4 Å². The van der Waals surface area contributed by atoms with E-state index < -0.39 is 0 Å². The molecule has 0 radical (unpaired) electrons. The minimum Gasteiger partial charge on any atom is -0.370 e. The van der Waals surface area contributed by atoms with Crippen LogP contribution >= 0.6 is 46.4 Å². The molecule has 3 aromatic rings. The molecule has 1 fully saturated rings. The summed E-state index contributed by atoms with van der Waals surface area (Å²) < 4.78 is 0. The van der Waals surface area contributed by atoms with E-state index in [0.29, 0.717) is 38.1 Å². The first-order valence-corrected chi connectivity index (χ1v) is 14.4. The van der Waals surface area contributed by atoms with E-state index in [1.165, 1.54) is 5.56 Å². The molecule has 1 N–H and O–H groups in total. The molecule has 0 aromatic heterocycles. The fraction of sp³-hybridized carbons (Fsp3) is 0.367. The Balaban J connectivity index is 1.42. The molecule has 1 aliphatic rings. The maximum atomic E-state index is 13.2. The second-order valence-electron chi connectivity index (χ2n) is 9.77. The van der Waals surface area contributed by atoms with Crippen LogP contribution in [0.4, 0.5) is 5.69 Å². The summed E-state index contributed by atoms with van der Waals surface area (Å²) in [6, 6.07) is 19.8. The zero-order valence-electron chi connectivity index (χ0n) is 21.0. The molecule has 0 aliphatic carbocycles. The van der Waals surface area contributed by atoms with Gasteiger partial charge in [-0.15, -0.1) is 0 Å². The summed E-state index contributed by atoms with van der Waals surface area (Å²) in [4.78, 5) is 15.5. The second kappa shape index (κ2) is 13.2. The monoisotopic (exact) mass is 576 g/mol. The van der Waals surface area contributed by atoms with Crippen molar-refractivity contribution in [1.82, 2.24) is 5.32 Å². The van der Waals surface area contributed by atoms with E-state index in [0.717, 1.165) is 56.4 Å². The van der Waals surface area contributed by atoms with Crippen LogP contribution in [0, 0.1) is 5.92 Å². The highest BCUT2D eigenvalue weighted by Crippen LogP contribution is 2.35. The average molecular weight is 578 g/mol. The molecule has 3 aromatic carbocycles. The third kappa shape index (κ3) is 7.35. The fourth-order valence-electron chi connectivity index (χ4n) is 5.09. The molecule has 1 atom stereocenters. The standard InChI is InChI=1S/C30H32Cl4N2O/c1-2-6-23(22-9-10-25(31)27(33)16-22)19-35-30(37)24-17-29(28(34)18-26(24)32)36-13-11-21(12-14-36)15-20-7-4-3-5-8-20/h3-5,7-10,16-18,21,23H,2,6,11-15,19H2,1H3,(H,35,37). The van der Waals surface area contributed by atoms with E-state index in [4.69, 9.17) is 46.4 Å². The number of benzene rings is 3. The first kappa shape index (κ1) is 28.1. The van der Waals surface area contributed by atoms with Crippen molar-refractivity contribution >= 4 is 58.0 Å². The molecule has 4 rings (SSSR count). The van der Waals surface area contributed by atoms with Gasteiger partial charge >= 0.3 is 0 Å². The van der Waals surface area contributed by atoms with Crippen LogP contribution in [0.15, 0.2) is 60.7 Å². The minimum atomic E-state index is -0.206. The van der Waals surface area contributed by atoms with Crippen LogP contribution in [-0.2, 0) is 6.42 Å². The normalized spacial score (nSPS) is 15.0. The number of amides is 1. The first-order chi connectivity index (χ1) is 17.9. The van der Waals surface area contributed by atoms with E-state index in [2.05, 4.69) is 47.5 Å². The summed E-state index contributed by atoms with van der Waals surface area (Å²) in [7, 11) is 0. The SMILES string of the molecule is CCCC(CNC(=O)c1cc(N2CCC(Cc3ccccc3)CC2)c(Cl)cc1Cl)c1ccc(Cl)c(Cl)c1. The Hall–Kier alpha value is -1.91. The number of hydrogen-bond donors (Lipinski definition) is 1. The number of anilines is 1. The van der Waals surface area contributed by atoms with Gasteiger partial charge in [0.25, 0.3) is 5.91 Å². The molecule has 1 unspecified atom stereocenters. The van der Waals surface area contributed by atoms with Crippen LogP contribution in [0.2, 0.25) is 20.1 Å². The predicted molar refractivity (Wildman–Crippen MR) is 158 cm³/mol. The Kier molecular flexibility index (Phi) is 10.1. The Bertz CT molecular complexity index is 1210. The molecule has 0 spiro atoms. The number of rotatable bonds is 9. The van der Waals surface area contributed by atoms with Crippen molar-refractivity contribution in [2.45, 2.75) is 44.9 Å². The Morgan fingerprint density at radius 2 is 1.65 bits per heavy atom. The molecule has 7 heteroatoms. The Labute approximate surface area is 240 Å². The molecule has 1 aliphatic heterocycles. The van der Waals surface area contributed by atoms with Crippen molar-refractivity contribution in [2.24, 2.45) is 5.92 Å². The van der Waals surface area contributed by atoms with Gasteiger partial charge in [-0.2, -0.15) is 0 Å². The van der Waals surface area contributed by atoms with E-state index in [1.807, 2.05) is 18.2 Å². The number of hydrogen-bond acceptors (Lipinski definition) is 2. The van der Waals surface area contributed by atoms with Gasteiger partial charge in [-0.25, -0.2) is 0 Å². The molecule has 3 nitrogen and oxygen atoms in total. The number of halogens is 4. The van der Waals surface area contributed by atoms with E-state index in [9.17, 15) is 4.79 Å². The van der Waals surface area contributed by atoms with Gasteiger partial charge in [0.15, 0.2) is 0 Å². The van der Waals surface area contributed by atoms with Crippen molar-refractivity contribution in [1.29, 1.82) is 0 Å². The molecular weight excluding hydrogens is 546 g/mol. The number of carbonyl (C=O) groups excluding carboxylic acids is 1. The number of nitrogens with zero attached hydrogens (tertiary/aromatic N) is 1. The highest BCUT2D eigenvalue weighted by Gasteiger charge is 2.24. The van der Waals surface area contributed by atoms with Gasteiger partial charge < -0.3 is 10.2 Å². The lowest BCUT2D eigenvalue weighted by Crippen LogP contribution is -2.35. The molecule has 1 amide bonds. The summed E-state index contributed by atoms with van der Waals surface area (Å²) in [6.07, 6.45) is 5.15. The summed E-state index contributed by atoms with van der Waals surface area (Å²) in [5.74, 6) is 0.560. The number of piperidine rings is 1. The maximum absolute atomic E-state index is 13.2. The first-order valence-electron chi connectivity index (χ1n) is 12.9. The van der Waals surface area contributed by atoms with Crippen LogP contribution in [0.25, 0.3) is 0 Å². The van der Waals surface area contributed by atoms with Crippen molar-refractivity contribution in [3.63, 3.8) is 0 Å². The van der Waals surface area contributed by atoms with E-state index in [-0.39, 0.29) is 11.8 Å². The molecule has 1 heterocycles. The molecular formula is C30H32Cl4N2O. The van der Waals surface area contributed by atoms with Gasteiger partial charge in [-0.1, -0.05) is 96.1 Å². The van der Waals surface area contributed by atoms with Crippen LogP contribution in [-0.4, -0.2) is 25.5 Å². The molecule has 0 saturated carbocycles. The van der Waals surface area contributed by atoms with Crippen molar-refractivity contribution in [3.8, 4) is 0 Å². The van der Waals surface area contributed by atoms with Crippen LogP contribution in [0.1, 0.15) is 60.0 Å². The molecule has 0 bridgehead atoms. The molecule has 1 saturated heterocycles. The second-order valence-corrected chi connectivity index (χ2v) is 11.4. The van der Waals surface area contributed by atoms with Gasteiger partial charge in [-0.05, 0) is 67.0 Å². The zero-order chi connectivity index (χ0) is 26.4. The predicted octanol–water partition coefficient (Wildman–Crippen LogP) is 9.07. The molecule has 196 valence electrons. The number of nitrogens with one attached hydrogen (secondary N) is 1. The smallest absolute Gasteiger partial charge is 0.252 e. The summed E-state index contributed by atoms with van der Waals surface area (Å²) >= 11 is 25.4. The lowest BCUT2D eigenvalue weighted by molar-refractivity contribution is 0.0951. The van der Waals surface area contributed by atoms with Crippen molar-refractivity contribution in [2.75, 3.05) is 24.5 Å².